The van der Waals surface area contributed by atoms with Crippen LogP contribution in [0.15, 0.2) is 24.3 Å². The van der Waals surface area contributed by atoms with E-state index < -0.39 is 0 Å². The van der Waals surface area contributed by atoms with Gasteiger partial charge in [0.15, 0.2) is 0 Å². The van der Waals surface area contributed by atoms with Crippen molar-refractivity contribution in [2.24, 2.45) is 0 Å². The summed E-state index contributed by atoms with van der Waals surface area (Å²) in [6.07, 6.45) is 9.38. The van der Waals surface area contributed by atoms with Crippen LogP contribution < -0.4 is 10.6 Å². The first-order valence-corrected chi connectivity index (χ1v) is 11.4. The average molecular weight is 418 g/mol. The lowest BCUT2D eigenvalue weighted by molar-refractivity contribution is -0.136. The lowest BCUT2D eigenvalue weighted by Gasteiger charge is -2.21. The molecule has 0 spiro atoms. The Morgan fingerprint density at radius 3 is 2.10 bits per heavy atom. The summed E-state index contributed by atoms with van der Waals surface area (Å²) in [5.41, 5.74) is 1.80. The van der Waals surface area contributed by atoms with E-state index in [1.54, 1.807) is 4.90 Å². The van der Waals surface area contributed by atoms with E-state index in [1.807, 2.05) is 38.1 Å². The zero-order valence-electron chi connectivity index (χ0n) is 19.0. The van der Waals surface area contributed by atoms with E-state index >= 15 is 0 Å². The third-order valence-corrected chi connectivity index (χ3v) is 4.96. The van der Waals surface area contributed by atoms with Crippen molar-refractivity contribution in [1.82, 2.24) is 10.2 Å². The molecule has 0 aliphatic heterocycles. The number of aryl methyl sites for hydroxylation is 1. The maximum absolute atomic E-state index is 12.5. The van der Waals surface area contributed by atoms with Crippen molar-refractivity contribution in [3.8, 4) is 0 Å². The number of nitrogens with zero attached hydrogens (tertiary/aromatic N) is 1. The van der Waals surface area contributed by atoms with Crippen molar-refractivity contribution >= 4 is 23.4 Å². The fraction of sp³-hybridized carbons (Fsp3) is 0.625. The third kappa shape index (κ3) is 11.6. The van der Waals surface area contributed by atoms with Gasteiger partial charge in [0.05, 0.1) is 13.1 Å². The van der Waals surface area contributed by atoms with E-state index in [-0.39, 0.29) is 30.8 Å². The molecule has 0 aliphatic carbocycles. The van der Waals surface area contributed by atoms with E-state index in [1.165, 1.54) is 25.7 Å². The zero-order valence-corrected chi connectivity index (χ0v) is 19.0. The van der Waals surface area contributed by atoms with E-state index in [0.29, 0.717) is 18.7 Å². The summed E-state index contributed by atoms with van der Waals surface area (Å²) in [7, 11) is 0. The molecule has 168 valence electrons. The summed E-state index contributed by atoms with van der Waals surface area (Å²) in [5, 5.41) is 5.35. The largest absolute Gasteiger partial charge is 0.345 e. The minimum absolute atomic E-state index is 0.000977. The van der Waals surface area contributed by atoms with Crippen molar-refractivity contribution in [2.75, 3.05) is 25.0 Å². The highest BCUT2D eigenvalue weighted by molar-refractivity contribution is 5.95. The Bertz CT molecular complexity index is 644. The Kier molecular flexibility index (Phi) is 13.2. The van der Waals surface area contributed by atoms with Crippen LogP contribution in [0.25, 0.3) is 0 Å². The van der Waals surface area contributed by atoms with Gasteiger partial charge >= 0.3 is 0 Å². The Morgan fingerprint density at radius 2 is 1.47 bits per heavy atom. The molecular formula is C24H39N3O3. The first kappa shape index (κ1) is 25.7. The molecule has 1 aromatic rings. The summed E-state index contributed by atoms with van der Waals surface area (Å²) < 4.78 is 0. The molecule has 6 heteroatoms. The van der Waals surface area contributed by atoms with Crippen molar-refractivity contribution < 1.29 is 14.4 Å². The van der Waals surface area contributed by atoms with E-state index in [0.717, 1.165) is 31.2 Å². The first-order valence-electron chi connectivity index (χ1n) is 11.4. The number of hydrogen-bond donors (Lipinski definition) is 2. The van der Waals surface area contributed by atoms with Gasteiger partial charge in [-0.05, 0) is 31.9 Å². The number of carbonyl (C=O) groups is 3. The lowest BCUT2D eigenvalue weighted by Crippen LogP contribution is -2.43. The summed E-state index contributed by atoms with van der Waals surface area (Å²) in [6, 6.07) is 7.46. The van der Waals surface area contributed by atoms with Crippen molar-refractivity contribution in [2.45, 2.75) is 78.6 Å². The smallest absolute Gasteiger partial charge is 0.243 e. The van der Waals surface area contributed by atoms with Crippen LogP contribution in [-0.2, 0) is 14.4 Å². The van der Waals surface area contributed by atoms with Crippen LogP contribution >= 0.6 is 0 Å². The monoisotopic (exact) mass is 417 g/mol. The molecule has 1 aromatic carbocycles. The normalized spacial score (nSPS) is 10.5. The maximum Gasteiger partial charge on any atom is 0.243 e. The van der Waals surface area contributed by atoms with Crippen LogP contribution in [0.5, 0.6) is 0 Å². The first-order chi connectivity index (χ1) is 14.5. The molecule has 6 nitrogen and oxygen atoms in total. The number of hydrogen-bond acceptors (Lipinski definition) is 3. The van der Waals surface area contributed by atoms with Gasteiger partial charge in [0, 0.05) is 18.7 Å². The van der Waals surface area contributed by atoms with Gasteiger partial charge in [0.25, 0.3) is 0 Å². The van der Waals surface area contributed by atoms with E-state index in [4.69, 9.17) is 0 Å². The van der Waals surface area contributed by atoms with Gasteiger partial charge in [0.1, 0.15) is 0 Å². The van der Waals surface area contributed by atoms with Crippen LogP contribution in [0.4, 0.5) is 5.69 Å². The molecule has 0 unspecified atom stereocenters. The predicted octanol–water partition coefficient (Wildman–Crippen LogP) is 4.43. The van der Waals surface area contributed by atoms with E-state index in [9.17, 15) is 14.4 Å². The topological polar surface area (TPSA) is 78.5 Å². The average Bonchev–Trinajstić information content (AvgIpc) is 2.73. The lowest BCUT2D eigenvalue weighted by atomic mass is 10.1. The van der Waals surface area contributed by atoms with Gasteiger partial charge in [-0.2, -0.15) is 0 Å². The van der Waals surface area contributed by atoms with Crippen LogP contribution in [0.3, 0.4) is 0 Å². The highest BCUT2D eigenvalue weighted by atomic mass is 16.2. The zero-order chi connectivity index (χ0) is 22.2. The summed E-state index contributed by atoms with van der Waals surface area (Å²) in [5.74, 6) is -0.580. The van der Waals surface area contributed by atoms with Crippen molar-refractivity contribution in [1.29, 1.82) is 0 Å². The highest BCUT2D eigenvalue weighted by Crippen LogP contribution is 2.10. The maximum atomic E-state index is 12.5. The van der Waals surface area contributed by atoms with Gasteiger partial charge < -0.3 is 15.5 Å². The molecule has 0 bridgehead atoms. The number of carbonyl (C=O) groups excluding carboxylic acids is 3. The highest BCUT2D eigenvalue weighted by Gasteiger charge is 2.16. The molecule has 3 amide bonds. The molecule has 0 atom stereocenters. The van der Waals surface area contributed by atoms with Crippen molar-refractivity contribution in [3.05, 3.63) is 29.8 Å². The molecule has 0 aliphatic rings. The molecule has 1 rings (SSSR count). The number of benzene rings is 1. The second-order valence-corrected chi connectivity index (χ2v) is 7.88. The number of rotatable bonds is 15. The van der Waals surface area contributed by atoms with Gasteiger partial charge in [-0.25, -0.2) is 0 Å². The summed E-state index contributed by atoms with van der Waals surface area (Å²) in [6.45, 7) is 6.61. The Morgan fingerprint density at radius 1 is 0.833 bits per heavy atom. The van der Waals surface area contributed by atoms with Gasteiger partial charge in [-0.3, -0.25) is 14.4 Å². The standard InChI is InChI=1S/C24H39N3O3/c1-4-6-7-8-9-10-11-12-24(30)27(17-5-2)19-23(29)25-18-22(28)26-21-15-13-20(3)14-16-21/h13-16H,4-12,17-19H2,1-3H3,(H,25,29)(H,26,28). The Balaban J connectivity index is 2.31. The number of anilines is 1. The SMILES string of the molecule is CCCCCCCCCC(=O)N(CCC)CC(=O)NCC(=O)Nc1ccc(C)cc1. The molecule has 0 saturated carbocycles. The third-order valence-electron chi connectivity index (χ3n) is 4.96. The van der Waals surface area contributed by atoms with Gasteiger partial charge in [-0.1, -0.05) is 70.1 Å². The van der Waals surface area contributed by atoms with Crippen LogP contribution in [-0.4, -0.2) is 42.3 Å². The molecule has 2 N–H and O–H groups in total. The van der Waals surface area contributed by atoms with Crippen LogP contribution in [0.1, 0.15) is 77.2 Å². The van der Waals surface area contributed by atoms with Gasteiger partial charge in [0.2, 0.25) is 17.7 Å². The molecule has 30 heavy (non-hydrogen) atoms. The fourth-order valence-electron chi connectivity index (χ4n) is 3.20. The number of amides is 3. The van der Waals surface area contributed by atoms with E-state index in [2.05, 4.69) is 17.6 Å². The molecule has 0 heterocycles. The van der Waals surface area contributed by atoms with Gasteiger partial charge in [-0.15, -0.1) is 0 Å². The second kappa shape index (κ2) is 15.5. The predicted molar refractivity (Wildman–Crippen MR) is 122 cm³/mol. The molecule has 0 aromatic heterocycles. The number of nitrogens with one attached hydrogen (secondary N) is 2. The Labute approximate surface area is 181 Å². The number of unbranched alkanes of at least 4 members (excludes halogenated alkanes) is 6. The van der Waals surface area contributed by atoms with Crippen molar-refractivity contribution in [3.63, 3.8) is 0 Å². The minimum Gasteiger partial charge on any atom is -0.345 e. The van der Waals surface area contributed by atoms with Crippen LogP contribution in [0.2, 0.25) is 0 Å². The molecular weight excluding hydrogens is 378 g/mol. The fourth-order valence-corrected chi connectivity index (χ4v) is 3.20. The molecule has 0 fully saturated rings. The second-order valence-electron chi connectivity index (χ2n) is 7.88. The quantitative estimate of drug-likeness (QED) is 0.414. The molecule has 0 saturated heterocycles. The minimum atomic E-state index is -0.310. The summed E-state index contributed by atoms with van der Waals surface area (Å²) in [4.78, 5) is 38.3. The Hall–Kier alpha value is -2.37. The molecule has 0 radical (unpaired) electrons. The summed E-state index contributed by atoms with van der Waals surface area (Å²) >= 11 is 0. The van der Waals surface area contributed by atoms with Crippen LogP contribution in [0, 0.1) is 6.92 Å².